The zero-order valence-electron chi connectivity index (χ0n) is 18.3. The van der Waals surface area contributed by atoms with Crippen LogP contribution in [0.25, 0.3) is 11.1 Å². The lowest BCUT2D eigenvalue weighted by molar-refractivity contribution is -0.173. The monoisotopic (exact) mass is 459 g/mol. The van der Waals surface area contributed by atoms with Crippen molar-refractivity contribution in [1.29, 1.82) is 5.41 Å². The molecular weight excluding hydrogens is 431 g/mol. The minimum Gasteiger partial charge on any atom is -0.384 e. The first kappa shape index (κ1) is 24.5. The number of carbonyl (C=O) groups excluding carboxylic acids is 1. The molecule has 0 bridgehead atoms. The number of hydrogen-bond acceptors (Lipinski definition) is 3. The number of halogens is 3. The van der Waals surface area contributed by atoms with Gasteiger partial charge < -0.3 is 15.8 Å². The third-order valence-corrected chi connectivity index (χ3v) is 5.55. The Balaban J connectivity index is 1.52. The first-order chi connectivity index (χ1) is 15.7. The van der Waals surface area contributed by atoms with Crippen molar-refractivity contribution in [2.24, 2.45) is 5.73 Å². The molecule has 3 rings (SSSR count). The molecule has 1 saturated carbocycles. The second-order valence-corrected chi connectivity index (χ2v) is 8.13. The number of amides is 1. The number of rotatable bonds is 8. The van der Waals surface area contributed by atoms with Crippen LogP contribution >= 0.6 is 0 Å². The molecule has 2 aromatic carbocycles. The van der Waals surface area contributed by atoms with E-state index in [2.05, 4.69) is 6.07 Å². The van der Waals surface area contributed by atoms with E-state index in [1.54, 1.807) is 6.07 Å². The molecule has 8 heteroatoms. The molecule has 1 amide bonds. The first-order valence-corrected chi connectivity index (χ1v) is 10.9. The van der Waals surface area contributed by atoms with Crippen molar-refractivity contribution >= 4 is 11.7 Å². The van der Waals surface area contributed by atoms with E-state index in [-0.39, 0.29) is 18.5 Å². The predicted molar refractivity (Wildman–Crippen MR) is 122 cm³/mol. The van der Waals surface area contributed by atoms with E-state index in [9.17, 15) is 18.0 Å². The standard InChI is InChI=1S/C25H28F3N3O2/c26-25(27,28)24(32)31-12-4-7-17-5-2-11-22(14-17)33-16-18-6-1-8-19(13-18)20-9-3-10-21(15-20)23(29)30/h1,3,6-10,13,15,22H,2,4-5,11-12,14,16H2,(H3,29,30)(H,31,32)/b17-7+. The number of alkyl halides is 3. The molecule has 0 spiro atoms. The summed E-state index contributed by atoms with van der Waals surface area (Å²) in [6, 6.07) is 15.6. The Morgan fingerprint density at radius 2 is 1.91 bits per heavy atom. The Bertz CT molecular complexity index is 1020. The van der Waals surface area contributed by atoms with Gasteiger partial charge in [0.1, 0.15) is 5.84 Å². The lowest BCUT2D eigenvalue weighted by Crippen LogP contribution is -2.37. The molecule has 4 N–H and O–H groups in total. The van der Waals surface area contributed by atoms with Crippen LogP contribution in [0.4, 0.5) is 13.2 Å². The lowest BCUT2D eigenvalue weighted by Gasteiger charge is -2.25. The number of amidine groups is 1. The topological polar surface area (TPSA) is 88.2 Å². The van der Waals surface area contributed by atoms with Crippen LogP contribution in [0.1, 0.15) is 43.2 Å². The van der Waals surface area contributed by atoms with Gasteiger partial charge in [-0.15, -0.1) is 0 Å². The maximum atomic E-state index is 12.2. The zero-order valence-corrected chi connectivity index (χ0v) is 18.3. The van der Waals surface area contributed by atoms with E-state index in [1.807, 2.05) is 47.8 Å². The second-order valence-electron chi connectivity index (χ2n) is 8.13. The van der Waals surface area contributed by atoms with Gasteiger partial charge in [0.15, 0.2) is 0 Å². The van der Waals surface area contributed by atoms with E-state index >= 15 is 0 Å². The highest BCUT2D eigenvalue weighted by atomic mass is 19.4. The minimum atomic E-state index is -4.84. The number of nitrogens with one attached hydrogen (secondary N) is 2. The molecular formula is C25H28F3N3O2. The summed E-state index contributed by atoms with van der Waals surface area (Å²) < 4.78 is 42.8. The number of ether oxygens (including phenoxy) is 1. The average molecular weight is 460 g/mol. The maximum absolute atomic E-state index is 12.2. The van der Waals surface area contributed by atoms with E-state index in [1.165, 1.54) is 0 Å². The molecule has 1 atom stereocenters. The fraction of sp³-hybridized carbons (Fsp3) is 0.360. The van der Waals surface area contributed by atoms with Gasteiger partial charge >= 0.3 is 12.1 Å². The van der Waals surface area contributed by atoms with Crippen molar-refractivity contribution < 1.29 is 22.7 Å². The molecule has 1 aliphatic rings. The number of hydrogen-bond donors (Lipinski definition) is 3. The molecule has 1 unspecified atom stereocenters. The van der Waals surface area contributed by atoms with Crippen LogP contribution in [0.2, 0.25) is 0 Å². The summed E-state index contributed by atoms with van der Waals surface area (Å²) in [6.45, 7) is 0.421. The second kappa shape index (κ2) is 11.1. The fourth-order valence-corrected chi connectivity index (χ4v) is 3.86. The Morgan fingerprint density at radius 3 is 2.64 bits per heavy atom. The molecule has 1 fully saturated rings. The first-order valence-electron chi connectivity index (χ1n) is 10.9. The molecule has 1 aliphatic carbocycles. The molecule has 0 heterocycles. The van der Waals surface area contributed by atoms with Crippen molar-refractivity contribution in [3.8, 4) is 11.1 Å². The number of nitrogens with two attached hydrogens (primary N) is 1. The summed E-state index contributed by atoms with van der Waals surface area (Å²) in [7, 11) is 0. The van der Waals surface area contributed by atoms with Gasteiger partial charge in [0.25, 0.3) is 0 Å². The van der Waals surface area contributed by atoms with Crippen molar-refractivity contribution in [2.45, 2.75) is 51.0 Å². The van der Waals surface area contributed by atoms with Crippen molar-refractivity contribution in [1.82, 2.24) is 5.32 Å². The summed E-state index contributed by atoms with van der Waals surface area (Å²) in [4.78, 5) is 10.9. The van der Waals surface area contributed by atoms with Crippen LogP contribution in [-0.4, -0.2) is 30.6 Å². The average Bonchev–Trinajstić information content (AvgIpc) is 2.80. The van der Waals surface area contributed by atoms with Crippen molar-refractivity contribution in [2.75, 3.05) is 6.54 Å². The Hall–Kier alpha value is -3.13. The highest BCUT2D eigenvalue weighted by molar-refractivity contribution is 5.96. The molecule has 176 valence electrons. The Kier molecular flexibility index (Phi) is 8.27. The van der Waals surface area contributed by atoms with Gasteiger partial charge in [0, 0.05) is 12.1 Å². The van der Waals surface area contributed by atoms with Gasteiger partial charge in [-0.3, -0.25) is 10.2 Å². The van der Waals surface area contributed by atoms with E-state index < -0.39 is 12.1 Å². The van der Waals surface area contributed by atoms with Gasteiger partial charge in [0.05, 0.1) is 12.7 Å². The number of carbonyl (C=O) groups is 1. The smallest absolute Gasteiger partial charge is 0.384 e. The third kappa shape index (κ3) is 7.46. The molecule has 33 heavy (non-hydrogen) atoms. The summed E-state index contributed by atoms with van der Waals surface area (Å²) in [6.07, 6.45) is 1.03. The third-order valence-electron chi connectivity index (χ3n) is 5.55. The Labute approximate surface area is 191 Å². The molecule has 0 aliphatic heterocycles. The largest absolute Gasteiger partial charge is 0.471 e. The van der Waals surface area contributed by atoms with Crippen LogP contribution in [-0.2, 0) is 16.1 Å². The van der Waals surface area contributed by atoms with Gasteiger partial charge in [-0.1, -0.05) is 48.0 Å². The lowest BCUT2D eigenvalue weighted by atomic mass is 9.91. The molecule has 0 aromatic heterocycles. The summed E-state index contributed by atoms with van der Waals surface area (Å²) in [5, 5.41) is 9.51. The molecule has 0 saturated heterocycles. The van der Waals surface area contributed by atoms with Crippen LogP contribution in [0, 0.1) is 5.41 Å². The summed E-state index contributed by atoms with van der Waals surface area (Å²) in [5.41, 5.74) is 10.5. The summed E-state index contributed by atoms with van der Waals surface area (Å²) >= 11 is 0. The highest BCUT2D eigenvalue weighted by Crippen LogP contribution is 2.28. The predicted octanol–water partition coefficient (Wildman–Crippen LogP) is 5.09. The van der Waals surface area contributed by atoms with Crippen LogP contribution in [0.3, 0.4) is 0 Å². The van der Waals surface area contributed by atoms with E-state index in [0.29, 0.717) is 18.6 Å². The molecule has 2 aromatic rings. The number of benzene rings is 2. The van der Waals surface area contributed by atoms with Crippen LogP contribution in [0.15, 0.2) is 60.2 Å². The maximum Gasteiger partial charge on any atom is 0.471 e. The normalized spacial score (nSPS) is 17.7. The van der Waals surface area contributed by atoms with Gasteiger partial charge in [0.2, 0.25) is 0 Å². The van der Waals surface area contributed by atoms with Gasteiger partial charge in [-0.25, -0.2) is 0 Å². The van der Waals surface area contributed by atoms with Crippen LogP contribution < -0.4 is 11.1 Å². The van der Waals surface area contributed by atoms with Gasteiger partial charge in [-0.2, -0.15) is 13.2 Å². The van der Waals surface area contributed by atoms with E-state index in [0.717, 1.165) is 47.9 Å². The van der Waals surface area contributed by atoms with Crippen molar-refractivity contribution in [3.05, 3.63) is 71.3 Å². The molecule has 0 radical (unpaired) electrons. The van der Waals surface area contributed by atoms with Crippen molar-refractivity contribution in [3.63, 3.8) is 0 Å². The Morgan fingerprint density at radius 1 is 1.18 bits per heavy atom. The SMILES string of the molecule is N=C(N)c1cccc(-c2cccc(COC3CCC/C(=C\CCNC(=O)C(F)(F)F)C3)c2)c1. The molecule has 5 nitrogen and oxygen atoms in total. The minimum absolute atomic E-state index is 0.0280. The summed E-state index contributed by atoms with van der Waals surface area (Å²) in [5.74, 6) is -1.87. The zero-order chi connectivity index (χ0) is 23.8. The van der Waals surface area contributed by atoms with Crippen LogP contribution in [0.5, 0.6) is 0 Å². The number of nitrogen functional groups attached to an aromatic ring is 1. The van der Waals surface area contributed by atoms with E-state index in [4.69, 9.17) is 15.9 Å². The highest BCUT2D eigenvalue weighted by Gasteiger charge is 2.38. The van der Waals surface area contributed by atoms with Gasteiger partial charge in [-0.05, 0) is 60.9 Å². The fourth-order valence-electron chi connectivity index (χ4n) is 3.86. The quantitative estimate of drug-likeness (QED) is 0.222.